The molecule has 1 aromatic carbocycles. The third-order valence-electron chi connectivity index (χ3n) is 4.88. The van der Waals surface area contributed by atoms with E-state index < -0.39 is 5.60 Å². The van der Waals surface area contributed by atoms with E-state index in [2.05, 4.69) is 15.9 Å². The molecule has 1 amide bonds. The molecule has 3 nitrogen and oxygen atoms in total. The molecule has 2 fully saturated rings. The Morgan fingerprint density at radius 1 is 1.38 bits per heavy atom. The molecule has 1 N–H and O–H groups in total. The number of benzene rings is 1. The quantitative estimate of drug-likeness (QED) is 0.838. The molecule has 5 heteroatoms. The lowest BCUT2D eigenvalue weighted by Crippen LogP contribution is -2.54. The number of halogens is 2. The van der Waals surface area contributed by atoms with E-state index >= 15 is 0 Å². The van der Waals surface area contributed by atoms with Crippen molar-refractivity contribution in [1.82, 2.24) is 4.90 Å². The molecule has 1 aliphatic carbocycles. The summed E-state index contributed by atoms with van der Waals surface area (Å²) in [5.74, 6) is -0.275. The van der Waals surface area contributed by atoms with Gasteiger partial charge in [0.1, 0.15) is 5.82 Å². The highest BCUT2D eigenvalue weighted by atomic mass is 79.9. The van der Waals surface area contributed by atoms with E-state index in [-0.39, 0.29) is 17.6 Å². The van der Waals surface area contributed by atoms with Crippen LogP contribution in [-0.4, -0.2) is 34.6 Å². The maximum Gasteiger partial charge on any atom is 0.253 e. The molecule has 1 saturated heterocycles. The Morgan fingerprint density at radius 3 is 2.95 bits per heavy atom. The number of likely N-dealkylation sites (tertiary alicyclic amines) is 1. The second-order valence-corrected chi connectivity index (χ2v) is 7.03. The Labute approximate surface area is 132 Å². The van der Waals surface area contributed by atoms with Crippen molar-refractivity contribution in [3.63, 3.8) is 0 Å². The van der Waals surface area contributed by atoms with Gasteiger partial charge in [-0.15, -0.1) is 0 Å². The Morgan fingerprint density at radius 2 is 2.19 bits per heavy atom. The molecule has 2 atom stereocenters. The first kappa shape index (κ1) is 15.0. The average Bonchev–Trinajstić information content (AvgIpc) is 2.48. The predicted molar refractivity (Wildman–Crippen MR) is 81.5 cm³/mol. The smallest absolute Gasteiger partial charge is 0.253 e. The summed E-state index contributed by atoms with van der Waals surface area (Å²) in [6, 6.07) is 4.35. The van der Waals surface area contributed by atoms with Crippen LogP contribution in [0.4, 0.5) is 4.39 Å². The molecule has 0 radical (unpaired) electrons. The molecule has 2 aliphatic rings. The summed E-state index contributed by atoms with van der Waals surface area (Å²) in [5, 5.41) is 10.6. The van der Waals surface area contributed by atoms with Crippen LogP contribution in [0.1, 0.15) is 42.5 Å². The van der Waals surface area contributed by atoms with Crippen LogP contribution < -0.4 is 0 Å². The number of hydrogen-bond acceptors (Lipinski definition) is 2. The summed E-state index contributed by atoms with van der Waals surface area (Å²) < 4.78 is 13.6. The van der Waals surface area contributed by atoms with E-state index in [4.69, 9.17) is 0 Å². The molecule has 21 heavy (non-hydrogen) atoms. The van der Waals surface area contributed by atoms with E-state index in [1.165, 1.54) is 18.2 Å². The second-order valence-electron chi connectivity index (χ2n) is 6.18. The van der Waals surface area contributed by atoms with Crippen LogP contribution in [0.3, 0.4) is 0 Å². The molecule has 114 valence electrons. The topological polar surface area (TPSA) is 40.5 Å². The van der Waals surface area contributed by atoms with Crippen LogP contribution in [0, 0.1) is 11.7 Å². The van der Waals surface area contributed by atoms with Gasteiger partial charge in [0, 0.05) is 24.6 Å². The van der Waals surface area contributed by atoms with Gasteiger partial charge < -0.3 is 10.0 Å². The standard InChI is InChI=1S/C16H19BrFNO2/c17-13-9-11(4-5-14(13)18)15(20)19-8-7-16(21)6-2-1-3-12(16)10-19/h4-5,9,12,21H,1-3,6-8,10H2. The predicted octanol–water partition coefficient (Wildman–Crippen LogP) is 3.36. The van der Waals surface area contributed by atoms with Crippen LogP contribution >= 0.6 is 15.9 Å². The van der Waals surface area contributed by atoms with Gasteiger partial charge in [0.2, 0.25) is 0 Å². The lowest BCUT2D eigenvalue weighted by Gasteiger charge is -2.47. The van der Waals surface area contributed by atoms with E-state index in [0.29, 0.717) is 29.5 Å². The summed E-state index contributed by atoms with van der Waals surface area (Å²) in [5.41, 5.74) is -0.0946. The van der Waals surface area contributed by atoms with Gasteiger partial charge in [-0.2, -0.15) is 0 Å². The first-order valence-corrected chi connectivity index (χ1v) is 8.26. The summed E-state index contributed by atoms with van der Waals surface area (Å²) >= 11 is 3.12. The molecule has 0 bridgehead atoms. The Balaban J connectivity index is 1.75. The summed E-state index contributed by atoms with van der Waals surface area (Å²) in [7, 11) is 0. The maximum absolute atomic E-state index is 13.3. The number of hydrogen-bond donors (Lipinski definition) is 1. The van der Waals surface area contributed by atoms with Gasteiger partial charge in [0.05, 0.1) is 10.1 Å². The summed E-state index contributed by atoms with van der Waals surface area (Å²) in [4.78, 5) is 14.3. The number of fused-ring (bicyclic) bond motifs is 1. The van der Waals surface area contributed by atoms with Crippen molar-refractivity contribution in [3.05, 3.63) is 34.1 Å². The summed E-state index contributed by atoms with van der Waals surface area (Å²) in [6.07, 6.45) is 4.67. The van der Waals surface area contributed by atoms with Gasteiger partial charge in [0.25, 0.3) is 5.91 Å². The third-order valence-corrected chi connectivity index (χ3v) is 5.49. The Kier molecular flexibility index (Phi) is 4.06. The molecule has 1 aromatic rings. The van der Waals surface area contributed by atoms with Crippen LogP contribution in [0.25, 0.3) is 0 Å². The van der Waals surface area contributed by atoms with Crippen LogP contribution in [0.5, 0.6) is 0 Å². The van der Waals surface area contributed by atoms with Gasteiger partial charge in [-0.25, -0.2) is 4.39 Å². The van der Waals surface area contributed by atoms with Crippen molar-refractivity contribution in [1.29, 1.82) is 0 Å². The van der Waals surface area contributed by atoms with Crippen molar-refractivity contribution in [2.24, 2.45) is 5.92 Å². The highest BCUT2D eigenvalue weighted by Crippen LogP contribution is 2.40. The van der Waals surface area contributed by atoms with E-state index in [1.54, 1.807) is 4.90 Å². The number of amides is 1. The first-order valence-electron chi connectivity index (χ1n) is 7.46. The molecule has 1 aliphatic heterocycles. The zero-order valence-corrected chi connectivity index (χ0v) is 13.4. The van der Waals surface area contributed by atoms with Gasteiger partial charge >= 0.3 is 0 Å². The minimum absolute atomic E-state index is 0.0803. The molecular formula is C16H19BrFNO2. The average molecular weight is 356 g/mol. The van der Waals surface area contributed by atoms with Crippen LogP contribution in [0.2, 0.25) is 0 Å². The molecular weight excluding hydrogens is 337 g/mol. The number of nitrogens with zero attached hydrogens (tertiary/aromatic N) is 1. The van der Waals surface area contributed by atoms with E-state index in [9.17, 15) is 14.3 Å². The molecule has 1 heterocycles. The first-order chi connectivity index (χ1) is 9.99. The van der Waals surface area contributed by atoms with E-state index in [0.717, 1.165) is 25.7 Å². The summed E-state index contributed by atoms with van der Waals surface area (Å²) in [6.45, 7) is 1.17. The number of piperidine rings is 1. The van der Waals surface area contributed by atoms with Gasteiger partial charge in [-0.05, 0) is 53.4 Å². The molecule has 0 aromatic heterocycles. The fourth-order valence-electron chi connectivity index (χ4n) is 3.57. The number of carbonyl (C=O) groups is 1. The number of aliphatic hydroxyl groups is 1. The largest absolute Gasteiger partial charge is 0.389 e. The van der Waals surface area contributed by atoms with Crippen molar-refractivity contribution in [3.8, 4) is 0 Å². The van der Waals surface area contributed by atoms with Gasteiger partial charge in [0.15, 0.2) is 0 Å². The van der Waals surface area contributed by atoms with Crippen LogP contribution in [0.15, 0.2) is 22.7 Å². The lowest BCUT2D eigenvalue weighted by molar-refractivity contribution is -0.0886. The number of rotatable bonds is 1. The Hall–Kier alpha value is -0.940. The molecule has 0 spiro atoms. The van der Waals surface area contributed by atoms with E-state index in [1.807, 2.05) is 0 Å². The highest BCUT2D eigenvalue weighted by molar-refractivity contribution is 9.10. The normalized spacial score (nSPS) is 29.1. The van der Waals surface area contributed by atoms with Gasteiger partial charge in [-0.3, -0.25) is 4.79 Å². The van der Waals surface area contributed by atoms with Crippen molar-refractivity contribution >= 4 is 21.8 Å². The second kappa shape index (κ2) is 5.69. The zero-order valence-electron chi connectivity index (χ0n) is 11.8. The monoisotopic (exact) mass is 355 g/mol. The zero-order chi connectivity index (χ0) is 15.0. The molecule has 2 unspecified atom stereocenters. The van der Waals surface area contributed by atoms with Gasteiger partial charge in [-0.1, -0.05) is 12.8 Å². The van der Waals surface area contributed by atoms with Crippen molar-refractivity contribution < 1.29 is 14.3 Å². The third kappa shape index (κ3) is 2.86. The van der Waals surface area contributed by atoms with Crippen LogP contribution in [-0.2, 0) is 0 Å². The fraction of sp³-hybridized carbons (Fsp3) is 0.562. The number of carbonyl (C=O) groups excluding carboxylic acids is 1. The fourth-order valence-corrected chi connectivity index (χ4v) is 3.95. The maximum atomic E-state index is 13.3. The minimum Gasteiger partial charge on any atom is -0.389 e. The van der Waals surface area contributed by atoms with Crippen molar-refractivity contribution in [2.75, 3.05) is 13.1 Å². The van der Waals surface area contributed by atoms with Crippen molar-refractivity contribution in [2.45, 2.75) is 37.7 Å². The molecule has 3 rings (SSSR count). The highest BCUT2D eigenvalue weighted by Gasteiger charge is 2.43. The molecule has 1 saturated carbocycles. The SMILES string of the molecule is O=C(c1ccc(F)c(Br)c1)N1CCC2(O)CCCCC2C1. The minimum atomic E-state index is -0.585. The lowest BCUT2D eigenvalue weighted by atomic mass is 9.71. The Bertz CT molecular complexity index is 565.